The molecule has 0 aromatic heterocycles. The van der Waals surface area contributed by atoms with Gasteiger partial charge in [0.05, 0.1) is 17.6 Å². The molecule has 154 valence electrons. The first-order chi connectivity index (χ1) is 13.9. The number of halogens is 2. The maximum Gasteiger partial charge on any atom is 0.410 e. The fourth-order valence-electron chi connectivity index (χ4n) is 4.06. The summed E-state index contributed by atoms with van der Waals surface area (Å²) < 4.78 is 24.1. The summed E-state index contributed by atoms with van der Waals surface area (Å²) in [5.74, 6) is -0.314. The van der Waals surface area contributed by atoms with E-state index in [0.717, 1.165) is 18.9 Å². The molecule has 1 heterocycles. The molecule has 3 fully saturated rings. The van der Waals surface area contributed by atoms with Crippen LogP contribution in [0.25, 0.3) is 0 Å². The number of nitrogens with one attached hydrogen (secondary N) is 1. The van der Waals surface area contributed by atoms with E-state index in [2.05, 4.69) is 11.4 Å². The van der Waals surface area contributed by atoms with Gasteiger partial charge in [0.2, 0.25) is 0 Å². The molecule has 1 atom stereocenters. The van der Waals surface area contributed by atoms with Crippen LogP contribution in [0.2, 0.25) is 5.02 Å². The van der Waals surface area contributed by atoms with E-state index in [-0.39, 0.29) is 59.4 Å². The Hall–Kier alpha value is -2.53. The molecule has 4 rings (SSSR count). The van der Waals surface area contributed by atoms with E-state index in [1.165, 1.54) is 12.1 Å². The smallest absolute Gasteiger partial charge is 0.410 e. The molecule has 1 aliphatic heterocycles. The molecular weight excluding hydrogens is 401 g/mol. The SMILES string of the molecule is N#CC1CC(C2CN(C3CC(NC(=O)COc4ccc(Cl)c(F)c4)C3)C(=O)O2)C1. The number of nitriles is 1. The van der Waals surface area contributed by atoms with Crippen LogP contribution in [-0.2, 0) is 9.53 Å². The van der Waals surface area contributed by atoms with Crippen molar-refractivity contribution in [3.05, 3.63) is 29.0 Å². The first-order valence-electron chi connectivity index (χ1n) is 9.67. The third-order valence-electron chi connectivity index (χ3n) is 5.93. The highest BCUT2D eigenvalue weighted by atomic mass is 35.5. The van der Waals surface area contributed by atoms with E-state index in [0.29, 0.717) is 19.4 Å². The topological polar surface area (TPSA) is 91.7 Å². The molecule has 29 heavy (non-hydrogen) atoms. The van der Waals surface area contributed by atoms with Gasteiger partial charge in [-0.05, 0) is 37.8 Å². The molecule has 1 unspecified atom stereocenters. The van der Waals surface area contributed by atoms with Gasteiger partial charge in [-0.3, -0.25) is 4.79 Å². The summed E-state index contributed by atoms with van der Waals surface area (Å²) in [7, 11) is 0. The fourth-order valence-corrected chi connectivity index (χ4v) is 4.18. The molecule has 1 aromatic carbocycles. The van der Waals surface area contributed by atoms with Crippen LogP contribution >= 0.6 is 11.6 Å². The largest absolute Gasteiger partial charge is 0.484 e. The van der Waals surface area contributed by atoms with Gasteiger partial charge in [0.25, 0.3) is 5.91 Å². The monoisotopic (exact) mass is 421 g/mol. The number of cyclic esters (lactones) is 1. The molecule has 1 aromatic rings. The van der Waals surface area contributed by atoms with Crippen molar-refractivity contribution in [1.29, 1.82) is 5.26 Å². The minimum atomic E-state index is -0.604. The van der Waals surface area contributed by atoms with E-state index in [4.69, 9.17) is 26.3 Å². The van der Waals surface area contributed by atoms with Crippen LogP contribution in [0.3, 0.4) is 0 Å². The molecule has 9 heteroatoms. The van der Waals surface area contributed by atoms with Crippen molar-refractivity contribution in [2.24, 2.45) is 11.8 Å². The van der Waals surface area contributed by atoms with Gasteiger partial charge in [0.15, 0.2) is 6.61 Å². The Morgan fingerprint density at radius 2 is 2.14 bits per heavy atom. The summed E-state index contributed by atoms with van der Waals surface area (Å²) in [5.41, 5.74) is 0. The van der Waals surface area contributed by atoms with Crippen molar-refractivity contribution in [2.75, 3.05) is 13.2 Å². The molecule has 0 radical (unpaired) electrons. The molecule has 3 aliphatic rings. The lowest BCUT2D eigenvalue weighted by Gasteiger charge is -2.40. The van der Waals surface area contributed by atoms with Crippen LogP contribution in [-0.4, -0.2) is 48.2 Å². The highest BCUT2D eigenvalue weighted by Crippen LogP contribution is 2.40. The molecule has 1 saturated heterocycles. The Morgan fingerprint density at radius 1 is 1.38 bits per heavy atom. The van der Waals surface area contributed by atoms with E-state index in [1.807, 2.05) is 0 Å². The van der Waals surface area contributed by atoms with Crippen molar-refractivity contribution >= 4 is 23.6 Å². The zero-order chi connectivity index (χ0) is 20.5. The second kappa shape index (κ2) is 8.07. The van der Waals surface area contributed by atoms with Crippen molar-refractivity contribution < 1.29 is 23.5 Å². The minimum Gasteiger partial charge on any atom is -0.484 e. The van der Waals surface area contributed by atoms with Crippen LogP contribution in [0.15, 0.2) is 18.2 Å². The first-order valence-corrected chi connectivity index (χ1v) is 10.0. The Bertz CT molecular complexity index is 849. The number of hydrogen-bond donors (Lipinski definition) is 1. The lowest BCUT2D eigenvalue weighted by molar-refractivity contribution is -0.124. The van der Waals surface area contributed by atoms with Gasteiger partial charge >= 0.3 is 6.09 Å². The molecule has 2 saturated carbocycles. The number of nitrogens with zero attached hydrogens (tertiary/aromatic N) is 2. The number of carbonyl (C=O) groups is 2. The summed E-state index contributed by atoms with van der Waals surface area (Å²) in [6.45, 7) is 0.329. The van der Waals surface area contributed by atoms with Crippen molar-refractivity contribution in [3.8, 4) is 11.8 Å². The number of benzene rings is 1. The van der Waals surface area contributed by atoms with E-state index in [9.17, 15) is 14.0 Å². The van der Waals surface area contributed by atoms with E-state index >= 15 is 0 Å². The van der Waals surface area contributed by atoms with Crippen LogP contribution in [0.4, 0.5) is 9.18 Å². The van der Waals surface area contributed by atoms with Crippen LogP contribution in [0, 0.1) is 29.0 Å². The highest BCUT2D eigenvalue weighted by Gasteiger charge is 2.47. The van der Waals surface area contributed by atoms with E-state index < -0.39 is 5.82 Å². The van der Waals surface area contributed by atoms with Crippen LogP contribution in [0.5, 0.6) is 5.75 Å². The van der Waals surface area contributed by atoms with Gasteiger partial charge in [-0.25, -0.2) is 9.18 Å². The fraction of sp³-hybridized carbons (Fsp3) is 0.550. The number of rotatable bonds is 6. The number of amides is 2. The van der Waals surface area contributed by atoms with Gasteiger partial charge in [-0.1, -0.05) is 11.6 Å². The lowest BCUT2D eigenvalue weighted by atomic mass is 9.72. The van der Waals surface area contributed by atoms with Gasteiger partial charge in [-0.2, -0.15) is 5.26 Å². The van der Waals surface area contributed by atoms with Crippen LogP contribution in [0.1, 0.15) is 25.7 Å². The molecule has 2 aliphatic carbocycles. The predicted molar refractivity (Wildman–Crippen MR) is 101 cm³/mol. The maximum atomic E-state index is 13.4. The third kappa shape index (κ3) is 4.25. The quantitative estimate of drug-likeness (QED) is 0.762. The van der Waals surface area contributed by atoms with Crippen LogP contribution < -0.4 is 10.1 Å². The second-order valence-corrected chi connectivity index (χ2v) is 8.29. The first kappa shape index (κ1) is 19.8. The molecule has 2 amide bonds. The Balaban J connectivity index is 1.17. The van der Waals surface area contributed by atoms with Crippen molar-refractivity contribution in [2.45, 2.75) is 43.9 Å². The van der Waals surface area contributed by atoms with Crippen molar-refractivity contribution in [3.63, 3.8) is 0 Å². The van der Waals surface area contributed by atoms with Crippen molar-refractivity contribution in [1.82, 2.24) is 10.2 Å². The molecule has 0 bridgehead atoms. The molecule has 7 nitrogen and oxygen atoms in total. The average Bonchev–Trinajstić information content (AvgIpc) is 2.98. The summed E-state index contributed by atoms with van der Waals surface area (Å²) >= 11 is 5.61. The maximum absolute atomic E-state index is 13.4. The summed E-state index contributed by atoms with van der Waals surface area (Å²) in [6, 6.07) is 6.26. The summed E-state index contributed by atoms with van der Waals surface area (Å²) in [5, 5.41) is 11.7. The third-order valence-corrected chi connectivity index (χ3v) is 6.23. The minimum absolute atomic E-state index is 0.00724. The summed E-state index contributed by atoms with van der Waals surface area (Å²) in [6.07, 6.45) is 2.47. The van der Waals surface area contributed by atoms with Gasteiger partial charge in [0.1, 0.15) is 17.7 Å². The standard InChI is InChI=1S/C20H21ClFN3O4/c21-16-2-1-15(7-17(16)22)28-10-19(26)24-13-5-14(6-13)25-9-18(29-20(25)27)12-3-11(4-12)8-23/h1-2,7,11-14,18H,3-6,9-10H2,(H,24,26). The zero-order valence-corrected chi connectivity index (χ0v) is 16.4. The van der Waals surface area contributed by atoms with Gasteiger partial charge in [-0.15, -0.1) is 0 Å². The Labute approximate surface area is 172 Å². The zero-order valence-electron chi connectivity index (χ0n) is 15.6. The normalized spacial score (nSPS) is 30.6. The lowest BCUT2D eigenvalue weighted by Crippen LogP contribution is -2.55. The molecular formula is C20H21ClFN3O4. The Morgan fingerprint density at radius 3 is 2.83 bits per heavy atom. The van der Waals surface area contributed by atoms with Gasteiger partial charge < -0.3 is 19.7 Å². The summed E-state index contributed by atoms with van der Waals surface area (Å²) in [4.78, 5) is 25.9. The Kier molecular flexibility index (Phi) is 5.50. The molecule has 1 N–H and O–H groups in total. The number of ether oxygens (including phenoxy) is 2. The molecule has 0 spiro atoms. The average molecular weight is 422 g/mol. The number of carbonyl (C=O) groups excluding carboxylic acids is 2. The number of hydrogen-bond acceptors (Lipinski definition) is 5. The highest BCUT2D eigenvalue weighted by molar-refractivity contribution is 6.30. The predicted octanol–water partition coefficient (Wildman–Crippen LogP) is 2.88. The van der Waals surface area contributed by atoms with E-state index in [1.54, 1.807) is 4.90 Å². The second-order valence-electron chi connectivity index (χ2n) is 7.89. The van der Waals surface area contributed by atoms with Gasteiger partial charge in [0, 0.05) is 30.0 Å².